The monoisotopic (exact) mass is 474 g/mol. The molecule has 10 heteroatoms. The van der Waals surface area contributed by atoms with E-state index < -0.39 is 27.8 Å². The van der Waals surface area contributed by atoms with Crippen molar-refractivity contribution in [2.24, 2.45) is 10.9 Å². The van der Waals surface area contributed by atoms with Crippen LogP contribution >= 0.6 is 0 Å². The molecule has 0 radical (unpaired) electrons. The molecule has 0 saturated carbocycles. The molecule has 33 heavy (non-hydrogen) atoms. The van der Waals surface area contributed by atoms with E-state index in [1.807, 2.05) is 13.8 Å². The van der Waals surface area contributed by atoms with Gasteiger partial charge in [0.1, 0.15) is 17.7 Å². The van der Waals surface area contributed by atoms with Gasteiger partial charge in [-0.15, -0.1) is 0 Å². The third-order valence-electron chi connectivity index (χ3n) is 5.53. The van der Waals surface area contributed by atoms with Crippen molar-refractivity contribution < 1.29 is 22.4 Å². The minimum atomic E-state index is -3.71. The molecule has 2 atom stereocenters. The van der Waals surface area contributed by atoms with Gasteiger partial charge < -0.3 is 10.6 Å². The first-order valence-corrected chi connectivity index (χ1v) is 12.1. The molecule has 0 fully saturated rings. The molecule has 1 aliphatic rings. The molecule has 0 unspecified atom stereocenters. The van der Waals surface area contributed by atoms with Gasteiger partial charge in [-0.3, -0.25) is 19.3 Å². The molecular formula is C23H27FN4O4S. The number of hydrogen-bond donors (Lipinski definition) is 3. The highest BCUT2D eigenvalue weighted by atomic mass is 32.2. The third kappa shape index (κ3) is 5.57. The van der Waals surface area contributed by atoms with Crippen molar-refractivity contribution in [2.45, 2.75) is 38.1 Å². The van der Waals surface area contributed by atoms with Crippen LogP contribution in [0.2, 0.25) is 0 Å². The summed E-state index contributed by atoms with van der Waals surface area (Å²) in [4.78, 5) is 29.6. The predicted octanol–water partition coefficient (Wildman–Crippen LogP) is 2.13. The smallest absolute Gasteiger partial charge is 0.263 e. The lowest BCUT2D eigenvalue weighted by atomic mass is 9.98. The number of amidine groups is 1. The SMILES string of the molecule is CC[C@H](C)[C@H](N=C1NS(=O)(=O)c2ccccc21)C(=O)NCCNC(=O)c1ccc(C)c(F)c1. The van der Waals surface area contributed by atoms with E-state index in [2.05, 4.69) is 20.3 Å². The van der Waals surface area contributed by atoms with E-state index in [0.717, 1.165) is 0 Å². The van der Waals surface area contributed by atoms with Gasteiger partial charge in [0.25, 0.3) is 15.9 Å². The summed E-state index contributed by atoms with van der Waals surface area (Å²) in [6.07, 6.45) is 0.652. The van der Waals surface area contributed by atoms with E-state index in [1.165, 1.54) is 24.3 Å². The molecule has 0 aliphatic carbocycles. The zero-order chi connectivity index (χ0) is 24.2. The van der Waals surface area contributed by atoms with Crippen LogP contribution in [0, 0.1) is 18.7 Å². The number of aryl methyl sites for hydroxylation is 1. The maximum atomic E-state index is 13.6. The van der Waals surface area contributed by atoms with E-state index in [1.54, 1.807) is 25.1 Å². The van der Waals surface area contributed by atoms with Crippen molar-refractivity contribution >= 4 is 27.7 Å². The summed E-state index contributed by atoms with van der Waals surface area (Å²) >= 11 is 0. The average Bonchev–Trinajstić information content (AvgIpc) is 3.06. The molecule has 2 amide bonds. The van der Waals surface area contributed by atoms with Crippen molar-refractivity contribution in [3.63, 3.8) is 0 Å². The van der Waals surface area contributed by atoms with Gasteiger partial charge in [-0.05, 0) is 42.7 Å². The van der Waals surface area contributed by atoms with Crippen LogP contribution in [0.4, 0.5) is 4.39 Å². The van der Waals surface area contributed by atoms with Gasteiger partial charge in [-0.1, -0.05) is 38.5 Å². The van der Waals surface area contributed by atoms with Gasteiger partial charge in [0.2, 0.25) is 5.91 Å². The topological polar surface area (TPSA) is 117 Å². The van der Waals surface area contributed by atoms with Crippen molar-refractivity contribution in [2.75, 3.05) is 13.1 Å². The fraction of sp³-hybridized carbons (Fsp3) is 0.348. The van der Waals surface area contributed by atoms with Crippen LogP contribution in [0.3, 0.4) is 0 Å². The lowest BCUT2D eigenvalue weighted by Gasteiger charge is -2.19. The second-order valence-corrected chi connectivity index (χ2v) is 9.57. The Kier molecular flexibility index (Phi) is 7.47. The predicted molar refractivity (Wildman–Crippen MR) is 123 cm³/mol. The summed E-state index contributed by atoms with van der Waals surface area (Å²) in [5.74, 6) is -1.30. The number of sulfonamides is 1. The van der Waals surface area contributed by atoms with Crippen LogP contribution < -0.4 is 15.4 Å². The molecular weight excluding hydrogens is 447 g/mol. The van der Waals surface area contributed by atoms with Gasteiger partial charge in [0.05, 0.1) is 4.90 Å². The molecule has 176 valence electrons. The molecule has 1 heterocycles. The van der Waals surface area contributed by atoms with Crippen LogP contribution in [0.25, 0.3) is 0 Å². The summed E-state index contributed by atoms with van der Waals surface area (Å²) in [6.45, 7) is 5.66. The van der Waals surface area contributed by atoms with Crippen molar-refractivity contribution in [3.05, 3.63) is 65.0 Å². The molecule has 0 saturated heterocycles. The average molecular weight is 475 g/mol. The highest BCUT2D eigenvalue weighted by Gasteiger charge is 2.33. The number of hydrogen-bond acceptors (Lipinski definition) is 5. The zero-order valence-electron chi connectivity index (χ0n) is 18.7. The van der Waals surface area contributed by atoms with Gasteiger partial charge in [0, 0.05) is 24.2 Å². The number of aliphatic imine (C=N–C) groups is 1. The number of amides is 2. The molecule has 3 rings (SSSR count). The Bertz CT molecular complexity index is 1200. The summed E-state index contributed by atoms with van der Waals surface area (Å²) in [5, 5.41) is 5.36. The van der Waals surface area contributed by atoms with E-state index in [9.17, 15) is 22.4 Å². The molecule has 8 nitrogen and oxygen atoms in total. The van der Waals surface area contributed by atoms with Crippen LogP contribution in [0.5, 0.6) is 0 Å². The lowest BCUT2D eigenvalue weighted by Crippen LogP contribution is -2.42. The van der Waals surface area contributed by atoms with Gasteiger partial charge in [0.15, 0.2) is 0 Å². The van der Waals surface area contributed by atoms with Crippen molar-refractivity contribution in [1.82, 2.24) is 15.4 Å². The fourth-order valence-electron chi connectivity index (χ4n) is 3.34. The van der Waals surface area contributed by atoms with Gasteiger partial charge in [-0.2, -0.15) is 0 Å². The van der Waals surface area contributed by atoms with Crippen LogP contribution in [0.15, 0.2) is 52.4 Å². The molecule has 0 spiro atoms. The third-order valence-corrected chi connectivity index (χ3v) is 6.92. The Hall–Kier alpha value is -3.27. The normalized spacial score (nSPS) is 17.0. The van der Waals surface area contributed by atoms with E-state index >= 15 is 0 Å². The van der Waals surface area contributed by atoms with Gasteiger partial charge >= 0.3 is 0 Å². The number of fused-ring (bicyclic) bond motifs is 1. The maximum absolute atomic E-state index is 13.6. The quantitative estimate of drug-likeness (QED) is 0.508. The van der Waals surface area contributed by atoms with Gasteiger partial charge in [-0.25, -0.2) is 12.8 Å². The highest BCUT2D eigenvalue weighted by Crippen LogP contribution is 2.24. The molecule has 2 aromatic carbocycles. The van der Waals surface area contributed by atoms with Crippen LogP contribution in [-0.4, -0.2) is 45.2 Å². The summed E-state index contributed by atoms with van der Waals surface area (Å²) in [6, 6.07) is 9.86. The Morgan fingerprint density at radius 3 is 2.52 bits per heavy atom. The number of nitrogens with zero attached hydrogens (tertiary/aromatic N) is 1. The number of rotatable bonds is 8. The van der Waals surface area contributed by atoms with Crippen molar-refractivity contribution in [3.8, 4) is 0 Å². The zero-order valence-corrected chi connectivity index (χ0v) is 19.5. The van der Waals surface area contributed by atoms with Crippen LogP contribution in [-0.2, 0) is 14.8 Å². The Morgan fingerprint density at radius 2 is 1.82 bits per heavy atom. The second kappa shape index (κ2) is 10.1. The molecule has 3 N–H and O–H groups in total. The molecule has 1 aliphatic heterocycles. The number of nitrogens with one attached hydrogen (secondary N) is 3. The molecule has 0 aromatic heterocycles. The lowest BCUT2D eigenvalue weighted by molar-refractivity contribution is -0.123. The molecule has 0 bridgehead atoms. The summed E-state index contributed by atoms with van der Waals surface area (Å²) in [7, 11) is -3.71. The fourth-order valence-corrected chi connectivity index (χ4v) is 4.58. The summed E-state index contributed by atoms with van der Waals surface area (Å²) in [5.41, 5.74) is 1.07. The first-order valence-electron chi connectivity index (χ1n) is 10.7. The number of benzene rings is 2. The number of halogens is 1. The largest absolute Gasteiger partial charge is 0.352 e. The van der Waals surface area contributed by atoms with E-state index in [0.29, 0.717) is 17.5 Å². The Labute approximate surface area is 192 Å². The Balaban J connectivity index is 1.64. The second-order valence-electron chi connectivity index (χ2n) is 7.92. The van der Waals surface area contributed by atoms with Crippen LogP contribution in [0.1, 0.15) is 41.8 Å². The number of carbonyl (C=O) groups is 2. The maximum Gasteiger partial charge on any atom is 0.263 e. The number of carbonyl (C=O) groups excluding carboxylic acids is 2. The first kappa shape index (κ1) is 24.4. The highest BCUT2D eigenvalue weighted by molar-refractivity contribution is 7.90. The van der Waals surface area contributed by atoms with E-state index in [4.69, 9.17) is 0 Å². The first-order chi connectivity index (χ1) is 15.6. The minimum absolute atomic E-state index is 0.127. The minimum Gasteiger partial charge on any atom is -0.352 e. The Morgan fingerprint density at radius 1 is 1.12 bits per heavy atom. The summed E-state index contributed by atoms with van der Waals surface area (Å²) < 4.78 is 40.7. The standard InChI is InChI=1S/C23H27FN4O4S/c1-4-14(2)20(27-21-17-7-5-6-8-19(17)33(31,32)28-21)23(30)26-12-11-25-22(29)16-10-9-15(3)18(24)13-16/h5-10,13-14,20H,4,11-12H2,1-3H3,(H,25,29)(H,26,30)(H,27,28)/t14-,20-/m0/s1. The van der Waals surface area contributed by atoms with E-state index in [-0.39, 0.29) is 41.2 Å². The molecule has 2 aromatic rings. The van der Waals surface area contributed by atoms with Crippen molar-refractivity contribution in [1.29, 1.82) is 0 Å².